The topological polar surface area (TPSA) is 45.8 Å². The summed E-state index contributed by atoms with van der Waals surface area (Å²) in [6, 6.07) is 12.0. The van der Waals surface area contributed by atoms with Gasteiger partial charge in [-0.05, 0) is 50.5 Å². The molecule has 1 aromatic heterocycles. The van der Waals surface area contributed by atoms with Crippen LogP contribution in [0.3, 0.4) is 0 Å². The molecule has 0 aliphatic heterocycles. The molecule has 0 bridgehead atoms. The lowest BCUT2D eigenvalue weighted by atomic mass is 10.0. The van der Waals surface area contributed by atoms with Crippen LogP contribution in [-0.4, -0.2) is 4.57 Å². The Morgan fingerprint density at radius 3 is 2.60 bits per heavy atom. The molecule has 0 atom stereocenters. The Bertz CT molecular complexity index is 777. The van der Waals surface area contributed by atoms with Crippen molar-refractivity contribution in [2.45, 2.75) is 32.7 Å². The average Bonchev–Trinajstić information content (AvgIpc) is 3.25. The number of aryl methyl sites for hydroxylation is 2. The predicted octanol–water partition coefficient (Wildman–Crippen LogP) is 3.34. The molecule has 0 saturated heterocycles. The Hall–Kier alpha value is -2.34. The maximum Gasteiger partial charge on any atom is 0.269 e. The molecule has 1 saturated carbocycles. The Kier molecular flexibility index (Phi) is 2.94. The van der Waals surface area contributed by atoms with Crippen LogP contribution in [-0.2, 0) is 0 Å². The first-order valence-electron chi connectivity index (χ1n) is 6.85. The number of benzene rings is 1. The molecule has 100 valence electrons. The normalized spacial score (nSPS) is 14.1. The predicted molar refractivity (Wildman–Crippen MR) is 78.6 cm³/mol. The largest absolute Gasteiger partial charge is 0.304 e. The molecule has 1 aliphatic carbocycles. The van der Waals surface area contributed by atoms with Crippen LogP contribution in [0.1, 0.15) is 35.6 Å². The molecule has 3 heteroatoms. The summed E-state index contributed by atoms with van der Waals surface area (Å²) in [4.78, 5) is 12.4. The van der Waals surface area contributed by atoms with Gasteiger partial charge in [0.25, 0.3) is 5.56 Å². The Morgan fingerprint density at radius 1 is 1.20 bits per heavy atom. The molecular weight excluding hydrogens is 248 g/mol. The van der Waals surface area contributed by atoms with E-state index in [1.165, 1.54) is 5.56 Å². The number of hydrogen-bond donors (Lipinski definition) is 0. The van der Waals surface area contributed by atoms with Crippen molar-refractivity contribution in [2.24, 2.45) is 0 Å². The van der Waals surface area contributed by atoms with Crippen LogP contribution in [0.2, 0.25) is 0 Å². The molecule has 1 fully saturated rings. The molecule has 2 aromatic rings. The summed E-state index contributed by atoms with van der Waals surface area (Å²) in [5.41, 5.74) is 4.40. The van der Waals surface area contributed by atoms with Gasteiger partial charge in [-0.25, -0.2) is 0 Å². The van der Waals surface area contributed by atoms with Gasteiger partial charge in [0, 0.05) is 11.6 Å². The third-order valence-electron chi connectivity index (χ3n) is 3.82. The van der Waals surface area contributed by atoms with Crippen LogP contribution >= 0.6 is 0 Å². The van der Waals surface area contributed by atoms with E-state index < -0.39 is 0 Å². The number of hydrogen-bond acceptors (Lipinski definition) is 2. The van der Waals surface area contributed by atoms with Gasteiger partial charge >= 0.3 is 0 Å². The maximum absolute atomic E-state index is 12.4. The number of nitrogens with zero attached hydrogens (tertiary/aromatic N) is 2. The fourth-order valence-electron chi connectivity index (χ4n) is 2.56. The fourth-order valence-corrected chi connectivity index (χ4v) is 2.56. The monoisotopic (exact) mass is 264 g/mol. The van der Waals surface area contributed by atoms with Crippen molar-refractivity contribution in [3.63, 3.8) is 0 Å². The van der Waals surface area contributed by atoms with Crippen LogP contribution < -0.4 is 5.56 Å². The average molecular weight is 264 g/mol. The number of rotatable bonds is 2. The Morgan fingerprint density at radius 2 is 1.95 bits per heavy atom. The molecule has 1 heterocycles. The van der Waals surface area contributed by atoms with Crippen molar-refractivity contribution in [2.75, 3.05) is 0 Å². The second-order valence-corrected chi connectivity index (χ2v) is 5.47. The third kappa shape index (κ3) is 2.04. The van der Waals surface area contributed by atoms with Gasteiger partial charge in [-0.15, -0.1) is 0 Å². The number of aromatic nitrogens is 1. The van der Waals surface area contributed by atoms with Crippen LogP contribution in [0.15, 0.2) is 35.1 Å². The van der Waals surface area contributed by atoms with Crippen molar-refractivity contribution in [3.05, 3.63) is 57.4 Å². The van der Waals surface area contributed by atoms with Crippen LogP contribution in [0.4, 0.5) is 0 Å². The highest BCUT2D eigenvalue weighted by molar-refractivity contribution is 5.65. The summed E-state index contributed by atoms with van der Waals surface area (Å²) < 4.78 is 1.81. The minimum absolute atomic E-state index is 0.159. The van der Waals surface area contributed by atoms with Gasteiger partial charge in [0.15, 0.2) is 0 Å². The first kappa shape index (κ1) is 12.7. The minimum atomic E-state index is -0.159. The summed E-state index contributed by atoms with van der Waals surface area (Å²) >= 11 is 0. The molecule has 3 nitrogen and oxygen atoms in total. The molecule has 20 heavy (non-hydrogen) atoms. The second-order valence-electron chi connectivity index (χ2n) is 5.47. The zero-order chi connectivity index (χ0) is 14.3. The van der Waals surface area contributed by atoms with E-state index in [-0.39, 0.29) is 17.2 Å². The van der Waals surface area contributed by atoms with E-state index in [4.69, 9.17) is 5.26 Å². The first-order chi connectivity index (χ1) is 9.61. The summed E-state index contributed by atoms with van der Waals surface area (Å²) in [6.07, 6.45) is 2.04. The van der Waals surface area contributed by atoms with E-state index in [9.17, 15) is 4.79 Å². The lowest BCUT2D eigenvalue weighted by Crippen LogP contribution is -2.23. The third-order valence-corrected chi connectivity index (χ3v) is 3.82. The zero-order valence-corrected chi connectivity index (χ0v) is 11.7. The Labute approximate surface area is 118 Å². The van der Waals surface area contributed by atoms with Crippen LogP contribution in [0.5, 0.6) is 0 Å². The van der Waals surface area contributed by atoms with Crippen molar-refractivity contribution in [1.29, 1.82) is 5.26 Å². The van der Waals surface area contributed by atoms with Gasteiger partial charge in [0.05, 0.1) is 5.69 Å². The highest BCUT2D eigenvalue weighted by Gasteiger charge is 2.28. The summed E-state index contributed by atoms with van der Waals surface area (Å²) in [6.45, 7) is 4.10. The molecule has 1 aliphatic rings. The van der Waals surface area contributed by atoms with Crippen LogP contribution in [0.25, 0.3) is 11.3 Å². The number of pyridine rings is 1. The molecule has 0 amide bonds. The Balaban J connectivity index is 2.29. The van der Waals surface area contributed by atoms with Gasteiger partial charge < -0.3 is 4.57 Å². The van der Waals surface area contributed by atoms with Gasteiger partial charge in [0.2, 0.25) is 0 Å². The summed E-state index contributed by atoms with van der Waals surface area (Å²) in [7, 11) is 0. The smallest absolute Gasteiger partial charge is 0.269 e. The highest BCUT2D eigenvalue weighted by atomic mass is 16.1. The maximum atomic E-state index is 12.4. The molecule has 0 N–H and O–H groups in total. The highest BCUT2D eigenvalue weighted by Crippen LogP contribution is 2.37. The molecule has 1 aromatic carbocycles. The van der Waals surface area contributed by atoms with E-state index >= 15 is 0 Å². The minimum Gasteiger partial charge on any atom is -0.304 e. The van der Waals surface area contributed by atoms with Crippen molar-refractivity contribution >= 4 is 0 Å². The summed E-state index contributed by atoms with van der Waals surface area (Å²) in [5, 5.41) is 9.04. The van der Waals surface area contributed by atoms with E-state index in [1.807, 2.05) is 19.1 Å². The van der Waals surface area contributed by atoms with E-state index in [0.29, 0.717) is 0 Å². The van der Waals surface area contributed by atoms with E-state index in [1.54, 1.807) is 10.6 Å². The lowest BCUT2D eigenvalue weighted by Gasteiger charge is -2.15. The number of nitriles is 1. The molecular formula is C17H16N2O. The van der Waals surface area contributed by atoms with Crippen molar-refractivity contribution in [1.82, 2.24) is 4.57 Å². The van der Waals surface area contributed by atoms with Crippen molar-refractivity contribution < 1.29 is 0 Å². The van der Waals surface area contributed by atoms with Gasteiger partial charge in [-0.3, -0.25) is 4.79 Å². The van der Waals surface area contributed by atoms with E-state index in [0.717, 1.165) is 29.7 Å². The standard InChI is InChI=1S/C17H16N2O/c1-11-3-4-12(2)15(9-11)16-8-5-13(10-18)17(20)19(16)14-6-7-14/h3-5,8-9,14H,6-7H2,1-2H3. The fraction of sp³-hybridized carbons (Fsp3) is 0.294. The lowest BCUT2D eigenvalue weighted by molar-refractivity contribution is 0.713. The second kappa shape index (κ2) is 4.64. The SMILES string of the molecule is Cc1ccc(C)c(-c2ccc(C#N)c(=O)n2C2CC2)c1. The first-order valence-corrected chi connectivity index (χ1v) is 6.85. The van der Waals surface area contributed by atoms with Gasteiger partial charge in [-0.2, -0.15) is 5.26 Å². The molecule has 0 radical (unpaired) electrons. The molecule has 3 rings (SSSR count). The van der Waals surface area contributed by atoms with Gasteiger partial charge in [0.1, 0.15) is 11.6 Å². The molecule has 0 unspecified atom stereocenters. The van der Waals surface area contributed by atoms with Gasteiger partial charge in [-0.1, -0.05) is 17.7 Å². The quantitative estimate of drug-likeness (QED) is 0.835. The summed E-state index contributed by atoms with van der Waals surface area (Å²) in [5.74, 6) is 0. The molecule has 0 spiro atoms. The van der Waals surface area contributed by atoms with Crippen molar-refractivity contribution in [3.8, 4) is 17.3 Å². The zero-order valence-electron chi connectivity index (χ0n) is 11.7. The van der Waals surface area contributed by atoms with E-state index in [2.05, 4.69) is 25.1 Å². The van der Waals surface area contributed by atoms with Crippen LogP contribution in [0, 0.1) is 25.2 Å².